The Hall–Kier alpha value is -0.890. The van der Waals surface area contributed by atoms with Crippen LogP contribution in [0, 0.1) is 6.92 Å². The van der Waals surface area contributed by atoms with Crippen LogP contribution in [0.1, 0.15) is 18.1 Å². The Bertz CT molecular complexity index is 245. The third-order valence-corrected chi connectivity index (χ3v) is 1.92. The average Bonchev–Trinajstić information content (AvgIpc) is 2.04. The molecule has 0 bridgehead atoms. The molecule has 0 fully saturated rings. The number of hydrogen-bond donors (Lipinski definition) is 0. The Morgan fingerprint density at radius 3 is 2.75 bits per heavy atom. The normalized spacial score (nSPS) is 10.7. The minimum atomic E-state index is 0.991. The predicted octanol–water partition coefficient (Wildman–Crippen LogP) is 1.84. The van der Waals surface area contributed by atoms with Crippen molar-refractivity contribution in [1.29, 1.82) is 0 Å². The molecule has 0 saturated carbocycles. The number of nitrogens with zero attached hydrogens (tertiary/aromatic N) is 2. The van der Waals surface area contributed by atoms with Crippen molar-refractivity contribution in [1.82, 2.24) is 9.88 Å². The summed E-state index contributed by atoms with van der Waals surface area (Å²) < 4.78 is 0. The van der Waals surface area contributed by atoms with E-state index < -0.39 is 0 Å². The molecule has 0 aliphatic carbocycles. The molecule has 1 aromatic heterocycles. The Labute approximate surface area is 74.2 Å². The van der Waals surface area contributed by atoms with Gasteiger partial charge in [0.05, 0.1) is 0 Å². The molecule has 66 valence electrons. The van der Waals surface area contributed by atoms with Crippen molar-refractivity contribution < 1.29 is 0 Å². The number of hydrogen-bond acceptors (Lipinski definition) is 2. The fourth-order valence-electron chi connectivity index (χ4n) is 1.13. The fourth-order valence-corrected chi connectivity index (χ4v) is 1.13. The minimum Gasteiger partial charge on any atom is -0.302 e. The molecule has 0 N–H and O–H groups in total. The summed E-state index contributed by atoms with van der Waals surface area (Å²) >= 11 is 0. The van der Waals surface area contributed by atoms with Gasteiger partial charge in [0, 0.05) is 18.9 Å². The summed E-state index contributed by atoms with van der Waals surface area (Å²) in [5.74, 6) is 0. The largest absolute Gasteiger partial charge is 0.302 e. The molecule has 0 aliphatic rings. The van der Waals surface area contributed by atoms with Crippen molar-refractivity contribution in [3.8, 4) is 0 Å². The number of aryl methyl sites for hydroxylation is 1. The van der Waals surface area contributed by atoms with Crippen LogP contribution in [0.5, 0.6) is 0 Å². The molecule has 0 saturated heterocycles. The fraction of sp³-hybridized carbons (Fsp3) is 0.500. The van der Waals surface area contributed by atoms with Crippen molar-refractivity contribution >= 4 is 0 Å². The van der Waals surface area contributed by atoms with Crippen LogP contribution in [0.3, 0.4) is 0 Å². The molecule has 0 aliphatic heterocycles. The van der Waals surface area contributed by atoms with Crippen LogP contribution < -0.4 is 0 Å². The van der Waals surface area contributed by atoms with E-state index in [-0.39, 0.29) is 0 Å². The molecule has 0 spiro atoms. The molecular formula is C10H16N2. The molecule has 2 heteroatoms. The molecule has 2 nitrogen and oxygen atoms in total. The highest BCUT2D eigenvalue weighted by molar-refractivity contribution is 5.16. The maximum absolute atomic E-state index is 4.14. The van der Waals surface area contributed by atoms with Crippen molar-refractivity contribution in [2.75, 3.05) is 13.6 Å². The van der Waals surface area contributed by atoms with Crippen LogP contribution in [0.15, 0.2) is 18.5 Å². The number of aromatic nitrogens is 1. The van der Waals surface area contributed by atoms with E-state index >= 15 is 0 Å². The van der Waals surface area contributed by atoms with Crippen LogP contribution in [0.25, 0.3) is 0 Å². The average molecular weight is 164 g/mol. The SMILES string of the molecule is CCN(C)Cc1cncc(C)c1. The second kappa shape index (κ2) is 4.21. The summed E-state index contributed by atoms with van der Waals surface area (Å²) in [4.78, 5) is 6.41. The smallest absolute Gasteiger partial charge is 0.0313 e. The van der Waals surface area contributed by atoms with Crippen LogP contribution in [-0.2, 0) is 6.54 Å². The molecule has 1 rings (SSSR count). The van der Waals surface area contributed by atoms with Crippen molar-refractivity contribution in [3.63, 3.8) is 0 Å². The maximum atomic E-state index is 4.14. The summed E-state index contributed by atoms with van der Waals surface area (Å²) in [5.41, 5.74) is 2.52. The number of rotatable bonds is 3. The van der Waals surface area contributed by atoms with E-state index in [4.69, 9.17) is 0 Å². The molecule has 0 amide bonds. The van der Waals surface area contributed by atoms with Crippen LogP contribution >= 0.6 is 0 Å². The van der Waals surface area contributed by atoms with Gasteiger partial charge in [0.25, 0.3) is 0 Å². The summed E-state index contributed by atoms with van der Waals surface area (Å²) in [5, 5.41) is 0. The van der Waals surface area contributed by atoms with Gasteiger partial charge in [-0.3, -0.25) is 4.98 Å². The second-order valence-electron chi connectivity index (χ2n) is 3.20. The number of pyridine rings is 1. The molecule has 1 aromatic rings. The molecule has 0 aromatic carbocycles. The third-order valence-electron chi connectivity index (χ3n) is 1.92. The predicted molar refractivity (Wildman–Crippen MR) is 51.0 cm³/mol. The molecule has 0 radical (unpaired) electrons. The van der Waals surface area contributed by atoms with Gasteiger partial charge in [-0.1, -0.05) is 13.0 Å². The standard InChI is InChI=1S/C10H16N2/c1-4-12(3)8-10-5-9(2)6-11-7-10/h5-7H,4,8H2,1-3H3. The lowest BCUT2D eigenvalue weighted by molar-refractivity contribution is 0.345. The van der Waals surface area contributed by atoms with E-state index in [1.54, 1.807) is 0 Å². The summed E-state index contributed by atoms with van der Waals surface area (Å²) in [6.45, 7) is 6.30. The molecule has 12 heavy (non-hydrogen) atoms. The first kappa shape index (κ1) is 9.20. The van der Waals surface area contributed by atoms with Crippen molar-refractivity contribution in [2.24, 2.45) is 0 Å². The van der Waals surface area contributed by atoms with Crippen molar-refractivity contribution in [3.05, 3.63) is 29.6 Å². The van der Waals surface area contributed by atoms with Gasteiger partial charge in [-0.2, -0.15) is 0 Å². The molecule has 1 heterocycles. The van der Waals surface area contributed by atoms with Gasteiger partial charge in [0.1, 0.15) is 0 Å². The lowest BCUT2D eigenvalue weighted by Gasteiger charge is -2.13. The van der Waals surface area contributed by atoms with Crippen molar-refractivity contribution in [2.45, 2.75) is 20.4 Å². The van der Waals surface area contributed by atoms with Gasteiger partial charge in [-0.15, -0.1) is 0 Å². The maximum Gasteiger partial charge on any atom is 0.0313 e. The van der Waals surface area contributed by atoms with Gasteiger partial charge in [0.15, 0.2) is 0 Å². The van der Waals surface area contributed by atoms with Crippen LogP contribution in [0.4, 0.5) is 0 Å². The summed E-state index contributed by atoms with van der Waals surface area (Å²) in [6.07, 6.45) is 3.81. The molecule has 0 unspecified atom stereocenters. The van der Waals surface area contributed by atoms with E-state index in [2.05, 4.69) is 36.8 Å². The van der Waals surface area contributed by atoms with Gasteiger partial charge in [-0.05, 0) is 31.6 Å². The zero-order valence-electron chi connectivity index (χ0n) is 8.04. The van der Waals surface area contributed by atoms with E-state index in [0.717, 1.165) is 13.1 Å². The van der Waals surface area contributed by atoms with Gasteiger partial charge >= 0.3 is 0 Å². The minimum absolute atomic E-state index is 0.991. The van der Waals surface area contributed by atoms with E-state index in [1.165, 1.54) is 11.1 Å². The first-order valence-corrected chi connectivity index (χ1v) is 4.31. The highest BCUT2D eigenvalue weighted by Crippen LogP contribution is 2.03. The topological polar surface area (TPSA) is 16.1 Å². The van der Waals surface area contributed by atoms with Crippen LogP contribution in [0.2, 0.25) is 0 Å². The van der Waals surface area contributed by atoms with E-state index in [1.807, 2.05) is 12.4 Å². The first-order chi connectivity index (χ1) is 5.72. The van der Waals surface area contributed by atoms with Gasteiger partial charge < -0.3 is 4.90 Å². The summed E-state index contributed by atoms with van der Waals surface area (Å²) in [6, 6.07) is 2.18. The molecular weight excluding hydrogens is 148 g/mol. The highest BCUT2D eigenvalue weighted by Gasteiger charge is 1.97. The van der Waals surface area contributed by atoms with Gasteiger partial charge in [-0.25, -0.2) is 0 Å². The third kappa shape index (κ3) is 2.62. The first-order valence-electron chi connectivity index (χ1n) is 4.31. The zero-order chi connectivity index (χ0) is 8.97. The second-order valence-corrected chi connectivity index (χ2v) is 3.20. The Morgan fingerprint density at radius 1 is 1.42 bits per heavy atom. The lowest BCUT2D eigenvalue weighted by Crippen LogP contribution is -2.16. The van der Waals surface area contributed by atoms with E-state index in [0.29, 0.717) is 0 Å². The van der Waals surface area contributed by atoms with Gasteiger partial charge in [0.2, 0.25) is 0 Å². The zero-order valence-corrected chi connectivity index (χ0v) is 8.04. The van der Waals surface area contributed by atoms with Crippen LogP contribution in [-0.4, -0.2) is 23.5 Å². The Balaban J connectivity index is 2.63. The quantitative estimate of drug-likeness (QED) is 0.677. The Kier molecular flexibility index (Phi) is 3.23. The summed E-state index contributed by atoms with van der Waals surface area (Å²) in [7, 11) is 2.11. The van der Waals surface area contributed by atoms with E-state index in [9.17, 15) is 0 Å². The highest BCUT2D eigenvalue weighted by atomic mass is 15.1. The lowest BCUT2D eigenvalue weighted by atomic mass is 10.2. The monoisotopic (exact) mass is 164 g/mol. The molecule has 0 atom stereocenters. The Morgan fingerprint density at radius 2 is 2.17 bits per heavy atom.